The number of Topliss-reactive ketones (excluding diaryl/α,β-unsaturated/α-hetero) is 1. The zero-order valence-corrected chi connectivity index (χ0v) is 10.2. The second kappa shape index (κ2) is 7.40. The smallest absolute Gasteiger partial charge is 0.313 e. The third kappa shape index (κ3) is 5.41. The molecule has 0 fully saturated rings. The fraction of sp³-hybridized carbons (Fsp3) is 0.286. The lowest BCUT2D eigenvalue weighted by molar-refractivity contribution is -0.143. The zero-order valence-electron chi connectivity index (χ0n) is 10.2. The van der Waals surface area contributed by atoms with Gasteiger partial charge in [-0.05, 0) is 5.56 Å². The first kappa shape index (κ1) is 14.1. The molecule has 0 aliphatic rings. The molecule has 0 amide bonds. The van der Waals surface area contributed by atoms with Crippen molar-refractivity contribution in [1.29, 1.82) is 0 Å². The summed E-state index contributed by atoms with van der Waals surface area (Å²) in [5, 5.41) is 9.61. The van der Waals surface area contributed by atoms with Crippen LogP contribution in [0.15, 0.2) is 36.4 Å². The molecule has 0 aliphatic heterocycles. The number of carbonyl (C=O) groups is 2. The van der Waals surface area contributed by atoms with Gasteiger partial charge < -0.3 is 9.84 Å². The molecule has 1 aromatic rings. The van der Waals surface area contributed by atoms with Crippen LogP contribution in [-0.2, 0) is 14.3 Å². The molecular weight excluding hydrogens is 232 g/mol. The molecule has 1 atom stereocenters. The van der Waals surface area contributed by atoms with Gasteiger partial charge >= 0.3 is 5.97 Å². The highest BCUT2D eigenvalue weighted by Crippen LogP contribution is 2.05. The minimum absolute atomic E-state index is 0.0849. The number of hydrogen-bond donors (Lipinski definition) is 1. The zero-order chi connectivity index (χ0) is 13.4. The highest BCUT2D eigenvalue weighted by molar-refractivity contribution is 5.95. The summed E-state index contributed by atoms with van der Waals surface area (Å²) in [6.45, 7) is 0. The number of rotatable bonds is 6. The van der Waals surface area contributed by atoms with Crippen LogP contribution in [0, 0.1) is 0 Å². The number of aliphatic hydroxyl groups excluding tert-OH is 1. The van der Waals surface area contributed by atoms with Gasteiger partial charge in [0.05, 0.1) is 13.2 Å². The van der Waals surface area contributed by atoms with Crippen LogP contribution in [-0.4, -0.2) is 30.1 Å². The average molecular weight is 248 g/mol. The molecule has 0 radical (unpaired) electrons. The summed E-state index contributed by atoms with van der Waals surface area (Å²) < 4.78 is 4.37. The van der Waals surface area contributed by atoms with E-state index in [1.807, 2.05) is 30.3 Å². The van der Waals surface area contributed by atoms with Crippen molar-refractivity contribution in [3.05, 3.63) is 42.0 Å². The number of aliphatic hydroxyl groups is 1. The molecule has 0 saturated carbocycles. The van der Waals surface area contributed by atoms with Gasteiger partial charge in [-0.3, -0.25) is 9.59 Å². The molecule has 1 aromatic carbocycles. The van der Waals surface area contributed by atoms with Crippen molar-refractivity contribution in [3.63, 3.8) is 0 Å². The number of benzene rings is 1. The number of carbonyl (C=O) groups excluding carboxylic acids is 2. The molecule has 0 aliphatic carbocycles. The number of ether oxygens (including phenoxy) is 1. The molecule has 0 aromatic heterocycles. The molecule has 0 heterocycles. The minimum atomic E-state index is -0.887. The van der Waals surface area contributed by atoms with Gasteiger partial charge in [-0.15, -0.1) is 0 Å². The fourth-order valence-electron chi connectivity index (χ4n) is 1.39. The van der Waals surface area contributed by atoms with Crippen LogP contribution in [0.25, 0.3) is 6.08 Å². The Labute approximate surface area is 106 Å². The predicted molar refractivity (Wildman–Crippen MR) is 67.7 cm³/mol. The topological polar surface area (TPSA) is 63.6 Å². The maximum Gasteiger partial charge on any atom is 0.313 e. The van der Waals surface area contributed by atoms with E-state index >= 15 is 0 Å². The first-order chi connectivity index (χ1) is 8.61. The van der Waals surface area contributed by atoms with Crippen LogP contribution in [0.5, 0.6) is 0 Å². The van der Waals surface area contributed by atoms with Gasteiger partial charge in [-0.25, -0.2) is 0 Å². The summed E-state index contributed by atoms with van der Waals surface area (Å²) in [5.74, 6) is -0.925. The van der Waals surface area contributed by atoms with Crippen molar-refractivity contribution in [2.45, 2.75) is 18.9 Å². The maximum atomic E-state index is 11.3. The largest absolute Gasteiger partial charge is 0.469 e. The van der Waals surface area contributed by atoms with Crippen molar-refractivity contribution in [3.8, 4) is 0 Å². The molecular formula is C14H16O4. The lowest BCUT2D eigenvalue weighted by atomic mass is 10.1. The van der Waals surface area contributed by atoms with Gasteiger partial charge in [-0.2, -0.15) is 0 Å². The van der Waals surface area contributed by atoms with E-state index in [0.717, 1.165) is 5.56 Å². The van der Waals surface area contributed by atoms with Gasteiger partial charge in [0, 0.05) is 6.42 Å². The Bertz CT molecular complexity index is 423. The molecule has 18 heavy (non-hydrogen) atoms. The van der Waals surface area contributed by atoms with Crippen LogP contribution in [0.1, 0.15) is 18.4 Å². The SMILES string of the molecule is COC(=O)CC(=O)CC(O)C=Cc1ccccc1. The first-order valence-corrected chi connectivity index (χ1v) is 5.61. The summed E-state index contributed by atoms with van der Waals surface area (Å²) >= 11 is 0. The summed E-state index contributed by atoms with van der Waals surface area (Å²) in [7, 11) is 1.22. The van der Waals surface area contributed by atoms with Crippen LogP contribution >= 0.6 is 0 Å². The normalized spacial score (nSPS) is 12.3. The van der Waals surface area contributed by atoms with Crippen molar-refractivity contribution in [2.75, 3.05) is 7.11 Å². The van der Waals surface area contributed by atoms with E-state index in [9.17, 15) is 14.7 Å². The van der Waals surface area contributed by atoms with Crippen molar-refractivity contribution in [2.24, 2.45) is 0 Å². The summed E-state index contributed by atoms with van der Waals surface area (Å²) in [5.41, 5.74) is 0.942. The van der Waals surface area contributed by atoms with Crippen molar-refractivity contribution in [1.82, 2.24) is 0 Å². The van der Waals surface area contributed by atoms with Crippen molar-refractivity contribution < 1.29 is 19.4 Å². The maximum absolute atomic E-state index is 11.3. The molecule has 1 N–H and O–H groups in total. The molecule has 0 saturated heterocycles. The third-order valence-corrected chi connectivity index (χ3v) is 2.32. The number of methoxy groups -OCH3 is 1. The van der Waals surface area contributed by atoms with Crippen molar-refractivity contribution >= 4 is 17.8 Å². The molecule has 1 unspecified atom stereocenters. The Morgan fingerprint density at radius 2 is 2.00 bits per heavy atom. The van der Waals surface area contributed by atoms with E-state index in [4.69, 9.17) is 0 Å². The van der Waals surface area contributed by atoms with Gasteiger partial charge in [0.25, 0.3) is 0 Å². The monoisotopic (exact) mass is 248 g/mol. The fourth-order valence-corrected chi connectivity index (χ4v) is 1.39. The van der Waals surface area contributed by atoms with E-state index in [2.05, 4.69) is 4.74 Å². The molecule has 0 bridgehead atoms. The Kier molecular flexibility index (Phi) is 5.80. The average Bonchev–Trinajstić information content (AvgIpc) is 2.37. The number of hydrogen-bond acceptors (Lipinski definition) is 4. The van der Waals surface area contributed by atoms with Crippen LogP contribution < -0.4 is 0 Å². The van der Waals surface area contributed by atoms with Gasteiger partial charge in [0.15, 0.2) is 0 Å². The standard InChI is InChI=1S/C14H16O4/c1-18-14(17)10-13(16)9-12(15)8-7-11-5-3-2-4-6-11/h2-8,12,15H,9-10H2,1H3. The second-order valence-corrected chi connectivity index (χ2v) is 3.83. The van der Waals surface area contributed by atoms with E-state index in [-0.39, 0.29) is 18.6 Å². The lowest BCUT2D eigenvalue weighted by Gasteiger charge is -2.04. The molecule has 96 valence electrons. The summed E-state index contributed by atoms with van der Waals surface area (Å²) in [4.78, 5) is 22.2. The first-order valence-electron chi connectivity index (χ1n) is 5.61. The van der Waals surface area contributed by atoms with E-state index in [1.165, 1.54) is 13.2 Å². The molecule has 1 rings (SSSR count). The molecule has 4 heteroatoms. The van der Waals surface area contributed by atoms with E-state index < -0.39 is 12.1 Å². The summed E-state index contributed by atoms with van der Waals surface area (Å²) in [6.07, 6.45) is 1.99. The van der Waals surface area contributed by atoms with E-state index in [0.29, 0.717) is 0 Å². The predicted octanol–water partition coefficient (Wildman–Crippen LogP) is 1.58. The molecule has 0 spiro atoms. The highest BCUT2D eigenvalue weighted by Gasteiger charge is 2.12. The summed E-state index contributed by atoms with van der Waals surface area (Å²) in [6, 6.07) is 9.44. The second-order valence-electron chi connectivity index (χ2n) is 3.83. The Hall–Kier alpha value is -1.94. The van der Waals surface area contributed by atoms with Crippen LogP contribution in [0.3, 0.4) is 0 Å². The minimum Gasteiger partial charge on any atom is -0.469 e. The van der Waals surface area contributed by atoms with Gasteiger partial charge in [0.1, 0.15) is 12.2 Å². The van der Waals surface area contributed by atoms with Gasteiger partial charge in [0.2, 0.25) is 0 Å². The third-order valence-electron chi connectivity index (χ3n) is 2.32. The van der Waals surface area contributed by atoms with Crippen LogP contribution in [0.4, 0.5) is 0 Å². The van der Waals surface area contributed by atoms with Crippen LogP contribution in [0.2, 0.25) is 0 Å². The number of esters is 1. The highest BCUT2D eigenvalue weighted by atomic mass is 16.5. The number of ketones is 1. The Morgan fingerprint density at radius 3 is 2.61 bits per heavy atom. The quantitative estimate of drug-likeness (QED) is 0.613. The Balaban J connectivity index is 2.42. The molecule has 4 nitrogen and oxygen atoms in total. The Morgan fingerprint density at radius 1 is 1.33 bits per heavy atom. The van der Waals surface area contributed by atoms with Gasteiger partial charge in [-0.1, -0.05) is 42.5 Å². The lowest BCUT2D eigenvalue weighted by Crippen LogP contribution is -2.15. The van der Waals surface area contributed by atoms with E-state index in [1.54, 1.807) is 6.08 Å².